The van der Waals surface area contributed by atoms with Gasteiger partial charge in [-0.2, -0.15) is 0 Å². The number of amides is 1. The van der Waals surface area contributed by atoms with Crippen LogP contribution < -0.4 is 16.4 Å². The summed E-state index contributed by atoms with van der Waals surface area (Å²) < 4.78 is 0. The Morgan fingerprint density at radius 1 is 1.53 bits per heavy atom. The first-order valence-corrected chi connectivity index (χ1v) is 6.03. The number of carbonyl (C=O) groups is 1. The molecular weight excluding hydrogens is 214 g/mol. The number of benzene rings is 1. The van der Waals surface area contributed by atoms with Gasteiger partial charge in [0.05, 0.1) is 0 Å². The minimum Gasteiger partial charge on any atom is -0.399 e. The van der Waals surface area contributed by atoms with Crippen LogP contribution in [0.15, 0.2) is 18.2 Å². The Morgan fingerprint density at radius 2 is 2.35 bits per heavy atom. The van der Waals surface area contributed by atoms with Crippen molar-refractivity contribution in [3.8, 4) is 0 Å². The van der Waals surface area contributed by atoms with Crippen molar-refractivity contribution in [1.82, 2.24) is 10.6 Å². The van der Waals surface area contributed by atoms with Gasteiger partial charge in [0.1, 0.15) is 0 Å². The van der Waals surface area contributed by atoms with Crippen molar-refractivity contribution in [3.63, 3.8) is 0 Å². The topological polar surface area (TPSA) is 67.2 Å². The quantitative estimate of drug-likeness (QED) is 0.679. The average molecular weight is 233 g/mol. The van der Waals surface area contributed by atoms with Gasteiger partial charge in [0.25, 0.3) is 0 Å². The third-order valence-electron chi connectivity index (χ3n) is 3.27. The van der Waals surface area contributed by atoms with E-state index in [-0.39, 0.29) is 5.91 Å². The van der Waals surface area contributed by atoms with Crippen LogP contribution in [0.1, 0.15) is 30.0 Å². The molecule has 0 saturated carbocycles. The number of rotatable bonds is 4. The van der Waals surface area contributed by atoms with E-state index in [9.17, 15) is 4.79 Å². The van der Waals surface area contributed by atoms with Crippen LogP contribution in [0, 0.1) is 0 Å². The van der Waals surface area contributed by atoms with Crippen molar-refractivity contribution in [1.29, 1.82) is 0 Å². The summed E-state index contributed by atoms with van der Waals surface area (Å²) in [5.74, 6) is 0.0769. The van der Waals surface area contributed by atoms with Crippen molar-refractivity contribution in [3.05, 3.63) is 29.3 Å². The highest BCUT2D eigenvalue weighted by Crippen LogP contribution is 2.32. The van der Waals surface area contributed by atoms with Crippen LogP contribution in [0.3, 0.4) is 0 Å². The molecule has 1 amide bonds. The molecule has 1 aromatic rings. The SMILES string of the molecule is CNC(=O)CCNC1CCc2cc(N)ccc21. The number of fused-ring (bicyclic) bond motifs is 1. The molecule has 0 spiro atoms. The average Bonchev–Trinajstić information content (AvgIpc) is 2.71. The van der Waals surface area contributed by atoms with Crippen molar-refractivity contribution >= 4 is 11.6 Å². The highest BCUT2D eigenvalue weighted by molar-refractivity contribution is 5.75. The molecule has 4 N–H and O–H groups in total. The number of hydrogen-bond acceptors (Lipinski definition) is 3. The Bertz CT molecular complexity index is 417. The molecule has 0 fully saturated rings. The lowest BCUT2D eigenvalue weighted by molar-refractivity contribution is -0.120. The van der Waals surface area contributed by atoms with E-state index < -0.39 is 0 Å². The largest absolute Gasteiger partial charge is 0.399 e. The number of anilines is 1. The number of hydrogen-bond donors (Lipinski definition) is 3. The molecule has 0 radical (unpaired) electrons. The summed E-state index contributed by atoms with van der Waals surface area (Å²) in [6, 6.07) is 6.46. The third kappa shape index (κ3) is 2.77. The predicted molar refractivity (Wildman–Crippen MR) is 68.6 cm³/mol. The first kappa shape index (κ1) is 11.9. The zero-order chi connectivity index (χ0) is 12.3. The molecule has 1 atom stereocenters. The van der Waals surface area contributed by atoms with Crippen molar-refractivity contribution < 1.29 is 4.79 Å². The molecule has 0 aliphatic heterocycles. The maximum atomic E-state index is 11.1. The Kier molecular flexibility index (Phi) is 3.64. The van der Waals surface area contributed by atoms with Crippen molar-refractivity contribution in [2.24, 2.45) is 0 Å². The first-order chi connectivity index (χ1) is 8.20. The summed E-state index contributed by atoms with van der Waals surface area (Å²) in [7, 11) is 1.66. The van der Waals surface area contributed by atoms with Crippen LogP contribution in [0.5, 0.6) is 0 Å². The molecule has 1 unspecified atom stereocenters. The van der Waals surface area contributed by atoms with E-state index >= 15 is 0 Å². The van der Waals surface area contributed by atoms with Gasteiger partial charge in [-0.3, -0.25) is 4.79 Å². The molecule has 0 saturated heterocycles. The second-order valence-electron chi connectivity index (χ2n) is 4.43. The first-order valence-electron chi connectivity index (χ1n) is 6.03. The number of nitrogens with one attached hydrogen (secondary N) is 2. The predicted octanol–water partition coefficient (Wildman–Crippen LogP) is 0.982. The fraction of sp³-hybridized carbons (Fsp3) is 0.462. The van der Waals surface area contributed by atoms with Crippen molar-refractivity contribution in [2.45, 2.75) is 25.3 Å². The number of nitrogens with two attached hydrogens (primary N) is 1. The van der Waals surface area contributed by atoms with E-state index in [1.165, 1.54) is 11.1 Å². The summed E-state index contributed by atoms with van der Waals surface area (Å²) in [4.78, 5) is 11.1. The number of nitrogen functional groups attached to an aromatic ring is 1. The van der Waals surface area contributed by atoms with Crippen LogP contribution in [0.4, 0.5) is 5.69 Å². The normalized spacial score (nSPS) is 17.8. The standard InChI is InChI=1S/C13H19N3O/c1-15-13(17)6-7-16-12-5-2-9-8-10(14)3-4-11(9)12/h3-4,8,12,16H,2,5-7,14H2,1H3,(H,15,17). The Hall–Kier alpha value is -1.55. The van der Waals surface area contributed by atoms with Gasteiger partial charge in [-0.15, -0.1) is 0 Å². The summed E-state index contributed by atoms with van der Waals surface area (Å²) in [6.45, 7) is 0.716. The zero-order valence-electron chi connectivity index (χ0n) is 10.1. The van der Waals surface area contributed by atoms with E-state index in [1.54, 1.807) is 7.05 Å². The van der Waals surface area contributed by atoms with Gasteiger partial charge in [-0.25, -0.2) is 0 Å². The monoisotopic (exact) mass is 233 g/mol. The summed E-state index contributed by atoms with van der Waals surface area (Å²) in [5, 5.41) is 6.04. The van der Waals surface area contributed by atoms with Gasteiger partial charge in [-0.05, 0) is 36.1 Å². The molecule has 4 heteroatoms. The van der Waals surface area contributed by atoms with Crippen LogP contribution in [-0.2, 0) is 11.2 Å². The van der Waals surface area contributed by atoms with Crippen LogP contribution >= 0.6 is 0 Å². The molecule has 2 rings (SSSR count). The van der Waals surface area contributed by atoms with Crippen LogP contribution in [0.2, 0.25) is 0 Å². The zero-order valence-corrected chi connectivity index (χ0v) is 10.1. The second-order valence-corrected chi connectivity index (χ2v) is 4.43. The van der Waals surface area contributed by atoms with Gasteiger partial charge < -0.3 is 16.4 Å². The molecule has 0 bridgehead atoms. The summed E-state index contributed by atoms with van der Waals surface area (Å²) in [6.07, 6.45) is 2.68. The van der Waals surface area contributed by atoms with Gasteiger partial charge in [-0.1, -0.05) is 6.07 Å². The molecule has 1 aromatic carbocycles. The second kappa shape index (κ2) is 5.19. The minimum absolute atomic E-state index is 0.0769. The Labute approximate surface area is 102 Å². The number of aryl methyl sites for hydroxylation is 1. The molecule has 1 aliphatic rings. The Balaban J connectivity index is 1.91. The Morgan fingerprint density at radius 3 is 3.12 bits per heavy atom. The fourth-order valence-electron chi connectivity index (χ4n) is 2.33. The van der Waals surface area contributed by atoms with Gasteiger partial charge in [0.15, 0.2) is 0 Å². The van der Waals surface area contributed by atoms with E-state index in [0.29, 0.717) is 19.0 Å². The maximum Gasteiger partial charge on any atom is 0.221 e. The highest BCUT2D eigenvalue weighted by Gasteiger charge is 2.21. The number of carbonyl (C=O) groups excluding carboxylic acids is 1. The van der Waals surface area contributed by atoms with Crippen LogP contribution in [-0.4, -0.2) is 19.5 Å². The molecule has 4 nitrogen and oxygen atoms in total. The van der Waals surface area contributed by atoms with Gasteiger partial charge in [0, 0.05) is 31.7 Å². The third-order valence-corrected chi connectivity index (χ3v) is 3.27. The summed E-state index contributed by atoms with van der Waals surface area (Å²) in [5.41, 5.74) is 9.25. The highest BCUT2D eigenvalue weighted by atomic mass is 16.1. The smallest absolute Gasteiger partial charge is 0.221 e. The van der Waals surface area contributed by atoms with E-state index in [4.69, 9.17) is 5.73 Å². The van der Waals surface area contributed by atoms with Crippen molar-refractivity contribution in [2.75, 3.05) is 19.3 Å². The van der Waals surface area contributed by atoms with E-state index in [1.807, 2.05) is 6.07 Å². The molecule has 0 aromatic heterocycles. The van der Waals surface area contributed by atoms with Gasteiger partial charge in [0.2, 0.25) is 5.91 Å². The lowest BCUT2D eigenvalue weighted by Crippen LogP contribution is -2.26. The fourth-order valence-corrected chi connectivity index (χ4v) is 2.33. The van der Waals surface area contributed by atoms with E-state index in [2.05, 4.69) is 22.8 Å². The molecule has 92 valence electrons. The molecule has 17 heavy (non-hydrogen) atoms. The molecule has 0 heterocycles. The summed E-state index contributed by atoms with van der Waals surface area (Å²) >= 11 is 0. The van der Waals surface area contributed by atoms with Gasteiger partial charge >= 0.3 is 0 Å². The molecular formula is C13H19N3O. The minimum atomic E-state index is 0.0769. The lowest BCUT2D eigenvalue weighted by Gasteiger charge is -2.13. The van der Waals surface area contributed by atoms with E-state index in [0.717, 1.165) is 18.5 Å². The van der Waals surface area contributed by atoms with Crippen LogP contribution in [0.25, 0.3) is 0 Å². The maximum absolute atomic E-state index is 11.1. The lowest BCUT2D eigenvalue weighted by atomic mass is 10.1. The molecule has 1 aliphatic carbocycles.